The quantitative estimate of drug-likeness (QED) is 0.327. The Labute approximate surface area is 191 Å². The number of hydrogen-bond acceptors (Lipinski definition) is 5. The Morgan fingerprint density at radius 3 is 2.27 bits per heavy atom. The average Bonchev–Trinajstić information content (AvgIpc) is 2.75. The van der Waals surface area contributed by atoms with Gasteiger partial charge in [0, 0.05) is 23.9 Å². The number of nitrogens with zero attached hydrogens (tertiary/aromatic N) is 1. The molecular weight excluding hydrogens is 467 g/mol. The first-order valence-electron chi connectivity index (χ1n) is 9.92. The molecule has 0 radical (unpaired) electrons. The fourth-order valence-corrected chi connectivity index (χ4v) is 3.66. The van der Waals surface area contributed by atoms with Gasteiger partial charge in [0.2, 0.25) is 0 Å². The summed E-state index contributed by atoms with van der Waals surface area (Å²) in [6.45, 7) is 0. The molecule has 0 spiro atoms. The molecule has 0 saturated heterocycles. The highest BCUT2D eigenvalue weighted by molar-refractivity contribution is 6.31. The molecule has 12 heteroatoms. The Balaban J connectivity index is 1.47. The Hall–Kier alpha value is -3.34. The first-order chi connectivity index (χ1) is 15.5. The summed E-state index contributed by atoms with van der Waals surface area (Å²) in [5, 5.41) is 15.3. The van der Waals surface area contributed by atoms with Gasteiger partial charge in [0.1, 0.15) is 6.10 Å². The van der Waals surface area contributed by atoms with E-state index in [-0.39, 0.29) is 29.1 Å². The fraction of sp³-hybridized carbons (Fsp3) is 0.333. The van der Waals surface area contributed by atoms with Crippen molar-refractivity contribution in [1.29, 1.82) is 0 Å². The molecule has 0 atom stereocenters. The van der Waals surface area contributed by atoms with Crippen LogP contribution in [0.5, 0.6) is 0 Å². The predicted octanol–water partition coefficient (Wildman–Crippen LogP) is 5.56. The maximum atomic E-state index is 12.9. The van der Waals surface area contributed by atoms with E-state index < -0.39 is 33.7 Å². The smallest absolute Gasteiger partial charge is 0.417 e. The van der Waals surface area contributed by atoms with Crippen molar-refractivity contribution >= 4 is 35.0 Å². The molecule has 0 bridgehead atoms. The third-order valence-corrected chi connectivity index (χ3v) is 5.46. The van der Waals surface area contributed by atoms with Crippen LogP contribution < -0.4 is 10.6 Å². The lowest BCUT2D eigenvalue weighted by Gasteiger charge is -2.29. The number of halogens is 4. The molecule has 0 aliphatic heterocycles. The number of non-ortho nitro benzene ring substituents is 1. The molecular formula is C21H19ClF3N3O5. The number of rotatable bonds is 5. The van der Waals surface area contributed by atoms with E-state index in [9.17, 15) is 32.9 Å². The number of carbonyl (C=O) groups excluding carboxylic acids is 2. The summed E-state index contributed by atoms with van der Waals surface area (Å²) in [6.07, 6.45) is -3.07. The van der Waals surface area contributed by atoms with E-state index in [2.05, 4.69) is 10.6 Å². The van der Waals surface area contributed by atoms with E-state index in [1.807, 2.05) is 0 Å². The molecule has 2 N–H and O–H groups in total. The number of benzene rings is 2. The van der Waals surface area contributed by atoms with Crippen LogP contribution in [0, 0.1) is 10.1 Å². The molecule has 8 nitrogen and oxygen atoms in total. The minimum absolute atomic E-state index is 0.0464. The normalized spacial score (nSPS) is 18.3. The molecule has 0 heterocycles. The summed E-state index contributed by atoms with van der Waals surface area (Å²) in [7, 11) is 0. The molecule has 2 aromatic carbocycles. The van der Waals surface area contributed by atoms with E-state index >= 15 is 0 Å². The third-order valence-electron chi connectivity index (χ3n) is 5.13. The zero-order chi connectivity index (χ0) is 24.2. The first kappa shape index (κ1) is 24.3. The number of nitro groups is 1. The van der Waals surface area contributed by atoms with Crippen molar-refractivity contribution in [3.8, 4) is 0 Å². The second-order valence-corrected chi connectivity index (χ2v) is 7.88. The highest BCUT2D eigenvalue weighted by atomic mass is 35.5. The van der Waals surface area contributed by atoms with Gasteiger partial charge in [0.25, 0.3) is 5.69 Å². The Bertz CT molecular complexity index is 1040. The number of amides is 2. The first-order valence-corrected chi connectivity index (χ1v) is 10.3. The number of esters is 1. The number of urea groups is 1. The van der Waals surface area contributed by atoms with Gasteiger partial charge in [-0.15, -0.1) is 0 Å². The van der Waals surface area contributed by atoms with Gasteiger partial charge in [-0.05, 0) is 56.0 Å². The van der Waals surface area contributed by atoms with Gasteiger partial charge in [-0.25, -0.2) is 9.59 Å². The molecule has 1 aliphatic rings. The predicted molar refractivity (Wildman–Crippen MR) is 113 cm³/mol. The van der Waals surface area contributed by atoms with E-state index in [4.69, 9.17) is 16.3 Å². The van der Waals surface area contributed by atoms with Crippen molar-refractivity contribution in [3.63, 3.8) is 0 Å². The topological polar surface area (TPSA) is 111 Å². The van der Waals surface area contributed by atoms with Crippen molar-refractivity contribution < 1.29 is 32.4 Å². The number of nitro benzene ring substituents is 1. The number of nitrogens with one attached hydrogen (secondary N) is 2. The highest BCUT2D eigenvalue weighted by Crippen LogP contribution is 2.36. The van der Waals surface area contributed by atoms with Gasteiger partial charge in [-0.1, -0.05) is 11.6 Å². The second-order valence-electron chi connectivity index (χ2n) is 7.47. The Kier molecular flexibility index (Phi) is 7.42. The molecule has 0 unspecified atom stereocenters. The van der Waals surface area contributed by atoms with Crippen LogP contribution >= 0.6 is 11.6 Å². The SMILES string of the molecule is O=C(Nc1ccc(Cl)c(C(F)(F)F)c1)N[C@H]1CC[C@@H](OC(=O)c2ccc([N+](=O)[O-])cc2)CC1. The van der Waals surface area contributed by atoms with Crippen molar-refractivity contribution in [1.82, 2.24) is 5.32 Å². The van der Waals surface area contributed by atoms with Crippen LogP contribution in [0.15, 0.2) is 42.5 Å². The van der Waals surface area contributed by atoms with Gasteiger partial charge in [-0.3, -0.25) is 10.1 Å². The minimum atomic E-state index is -4.64. The van der Waals surface area contributed by atoms with Gasteiger partial charge < -0.3 is 15.4 Å². The molecule has 176 valence electrons. The standard InChI is InChI=1S/C21H19ClF3N3O5/c22-18-10-5-14(11-17(18)21(23,24)25)27-20(30)26-13-3-8-16(9-4-13)33-19(29)12-1-6-15(7-2-12)28(31)32/h1-2,5-7,10-11,13,16H,3-4,8-9H2,(H2,26,27,30)/t13-,16+. The average molecular weight is 486 g/mol. The second kappa shape index (κ2) is 10.1. The molecule has 0 aromatic heterocycles. The van der Waals surface area contributed by atoms with Crippen molar-refractivity contribution in [3.05, 3.63) is 68.7 Å². The molecule has 1 fully saturated rings. The Morgan fingerprint density at radius 1 is 1.06 bits per heavy atom. The number of alkyl halides is 3. The maximum Gasteiger partial charge on any atom is 0.417 e. The lowest BCUT2D eigenvalue weighted by molar-refractivity contribution is -0.384. The van der Waals surface area contributed by atoms with Crippen LogP contribution in [0.3, 0.4) is 0 Å². The summed E-state index contributed by atoms with van der Waals surface area (Å²) < 4.78 is 44.3. The summed E-state index contributed by atoms with van der Waals surface area (Å²) in [5.41, 5.74) is -1.03. The van der Waals surface area contributed by atoms with Gasteiger partial charge in [0.15, 0.2) is 0 Å². The molecule has 1 aliphatic carbocycles. The fourth-order valence-electron chi connectivity index (χ4n) is 3.44. The van der Waals surface area contributed by atoms with Crippen molar-refractivity contribution in [2.75, 3.05) is 5.32 Å². The lowest BCUT2D eigenvalue weighted by atomic mass is 9.93. The summed E-state index contributed by atoms with van der Waals surface area (Å²) in [6, 6.07) is 7.26. The van der Waals surface area contributed by atoms with E-state index in [1.54, 1.807) is 0 Å². The molecule has 1 saturated carbocycles. The zero-order valence-corrected chi connectivity index (χ0v) is 17.8. The minimum Gasteiger partial charge on any atom is -0.459 e. The van der Waals surface area contributed by atoms with Gasteiger partial charge in [0.05, 0.1) is 21.1 Å². The van der Waals surface area contributed by atoms with Crippen LogP contribution in [-0.2, 0) is 10.9 Å². The highest BCUT2D eigenvalue weighted by Gasteiger charge is 2.33. The monoisotopic (exact) mass is 485 g/mol. The molecule has 33 heavy (non-hydrogen) atoms. The van der Waals surface area contributed by atoms with E-state index in [1.165, 1.54) is 30.3 Å². The van der Waals surface area contributed by atoms with Crippen LogP contribution in [0.1, 0.15) is 41.6 Å². The van der Waals surface area contributed by atoms with Crippen LogP contribution in [0.4, 0.5) is 29.3 Å². The molecule has 2 aromatic rings. The third kappa shape index (κ3) is 6.58. The van der Waals surface area contributed by atoms with Crippen molar-refractivity contribution in [2.45, 2.75) is 44.0 Å². The largest absolute Gasteiger partial charge is 0.459 e. The van der Waals surface area contributed by atoms with Crippen LogP contribution in [0.2, 0.25) is 5.02 Å². The number of hydrogen-bond donors (Lipinski definition) is 2. The number of carbonyl (C=O) groups is 2. The van der Waals surface area contributed by atoms with E-state index in [0.717, 1.165) is 12.1 Å². The van der Waals surface area contributed by atoms with E-state index in [0.29, 0.717) is 25.7 Å². The zero-order valence-electron chi connectivity index (χ0n) is 17.0. The van der Waals surface area contributed by atoms with Crippen molar-refractivity contribution in [2.24, 2.45) is 0 Å². The van der Waals surface area contributed by atoms with Gasteiger partial charge >= 0.3 is 18.2 Å². The Morgan fingerprint density at radius 2 is 1.70 bits per heavy atom. The lowest BCUT2D eigenvalue weighted by Crippen LogP contribution is -2.41. The summed E-state index contributed by atoms with van der Waals surface area (Å²) in [5.74, 6) is -0.595. The van der Waals surface area contributed by atoms with Gasteiger partial charge in [-0.2, -0.15) is 13.2 Å². The summed E-state index contributed by atoms with van der Waals surface area (Å²) >= 11 is 5.57. The molecule has 2 amide bonds. The number of anilines is 1. The number of ether oxygens (including phenoxy) is 1. The summed E-state index contributed by atoms with van der Waals surface area (Å²) in [4.78, 5) is 34.5. The molecule has 3 rings (SSSR count). The van der Waals surface area contributed by atoms with Crippen LogP contribution in [0.25, 0.3) is 0 Å². The van der Waals surface area contributed by atoms with Crippen LogP contribution in [-0.4, -0.2) is 29.1 Å². The maximum absolute atomic E-state index is 12.9.